The van der Waals surface area contributed by atoms with E-state index >= 15 is 0 Å². The molecule has 1 aromatic carbocycles. The molecule has 0 spiro atoms. The molecule has 0 fully saturated rings. The van der Waals surface area contributed by atoms with E-state index in [1.165, 1.54) is 0 Å². The molecule has 2 nitrogen and oxygen atoms in total. The second-order valence-corrected chi connectivity index (χ2v) is 4.58. The van der Waals surface area contributed by atoms with Crippen molar-refractivity contribution in [2.75, 3.05) is 6.61 Å². The standard InChI is InChI=1S/C13H15Cl2NO/c1-2-7-17-13-10(5-3-4-6-16)8-11(14)9-12(13)15/h8-9H,2-5,7H2,1H3. The zero-order valence-corrected chi connectivity index (χ0v) is 11.3. The van der Waals surface area contributed by atoms with E-state index in [2.05, 4.69) is 6.07 Å². The molecule has 17 heavy (non-hydrogen) atoms. The van der Waals surface area contributed by atoms with E-state index in [9.17, 15) is 0 Å². The maximum Gasteiger partial charge on any atom is 0.141 e. The highest BCUT2D eigenvalue weighted by molar-refractivity contribution is 6.35. The van der Waals surface area contributed by atoms with Gasteiger partial charge in [-0.2, -0.15) is 5.26 Å². The molecule has 0 saturated heterocycles. The Hall–Kier alpha value is -0.910. The van der Waals surface area contributed by atoms with Crippen LogP contribution in [0.15, 0.2) is 12.1 Å². The average Bonchev–Trinajstić information content (AvgIpc) is 2.28. The van der Waals surface area contributed by atoms with Crippen molar-refractivity contribution >= 4 is 23.2 Å². The van der Waals surface area contributed by atoms with Crippen molar-refractivity contribution < 1.29 is 4.74 Å². The molecule has 0 bridgehead atoms. The molecule has 0 aliphatic rings. The van der Waals surface area contributed by atoms with E-state index in [1.807, 2.05) is 13.0 Å². The molecule has 0 aromatic heterocycles. The molecule has 1 rings (SSSR count). The minimum atomic E-state index is 0.525. The van der Waals surface area contributed by atoms with Gasteiger partial charge in [-0.25, -0.2) is 0 Å². The van der Waals surface area contributed by atoms with Crippen LogP contribution in [0.3, 0.4) is 0 Å². The van der Waals surface area contributed by atoms with Gasteiger partial charge in [-0.15, -0.1) is 0 Å². The number of hydrogen-bond donors (Lipinski definition) is 0. The van der Waals surface area contributed by atoms with Crippen molar-refractivity contribution in [3.05, 3.63) is 27.7 Å². The van der Waals surface area contributed by atoms with Gasteiger partial charge < -0.3 is 4.74 Å². The number of benzene rings is 1. The maximum absolute atomic E-state index is 8.53. The van der Waals surface area contributed by atoms with E-state index in [-0.39, 0.29) is 0 Å². The highest BCUT2D eigenvalue weighted by Crippen LogP contribution is 2.33. The first-order chi connectivity index (χ1) is 8.19. The van der Waals surface area contributed by atoms with E-state index in [0.29, 0.717) is 28.8 Å². The van der Waals surface area contributed by atoms with Gasteiger partial charge >= 0.3 is 0 Å². The smallest absolute Gasteiger partial charge is 0.141 e. The van der Waals surface area contributed by atoms with Crippen molar-refractivity contribution in [2.45, 2.75) is 32.6 Å². The average molecular weight is 272 g/mol. The number of nitriles is 1. The molecule has 0 radical (unpaired) electrons. The zero-order valence-electron chi connectivity index (χ0n) is 9.80. The highest BCUT2D eigenvalue weighted by Gasteiger charge is 2.10. The van der Waals surface area contributed by atoms with Crippen molar-refractivity contribution in [2.24, 2.45) is 0 Å². The third-order valence-corrected chi connectivity index (χ3v) is 2.77. The highest BCUT2D eigenvalue weighted by atomic mass is 35.5. The van der Waals surface area contributed by atoms with Crippen LogP contribution in [0.1, 0.15) is 31.7 Å². The van der Waals surface area contributed by atoms with Crippen LogP contribution in [0.2, 0.25) is 10.0 Å². The minimum Gasteiger partial charge on any atom is -0.492 e. The Kier molecular flexibility index (Phi) is 6.18. The fourth-order valence-corrected chi connectivity index (χ4v) is 2.11. The predicted molar refractivity (Wildman–Crippen MR) is 70.8 cm³/mol. The van der Waals surface area contributed by atoms with Gasteiger partial charge in [0, 0.05) is 11.4 Å². The molecular formula is C13H15Cl2NO. The predicted octanol–water partition coefficient (Wildman–Crippen LogP) is 4.63. The quantitative estimate of drug-likeness (QED) is 0.707. The van der Waals surface area contributed by atoms with E-state index in [4.69, 9.17) is 33.2 Å². The molecule has 1 aromatic rings. The van der Waals surface area contributed by atoms with Crippen LogP contribution in [0, 0.1) is 11.3 Å². The van der Waals surface area contributed by atoms with Gasteiger partial charge in [0.15, 0.2) is 0 Å². The number of halogens is 2. The number of ether oxygens (including phenoxy) is 1. The Morgan fingerprint density at radius 2 is 2.12 bits per heavy atom. The number of rotatable bonds is 6. The van der Waals surface area contributed by atoms with Gasteiger partial charge in [-0.3, -0.25) is 0 Å². The summed E-state index contributed by atoms with van der Waals surface area (Å²) >= 11 is 12.1. The molecular weight excluding hydrogens is 257 g/mol. The number of aryl methyl sites for hydroxylation is 1. The van der Waals surface area contributed by atoms with Crippen LogP contribution in [0.5, 0.6) is 5.75 Å². The van der Waals surface area contributed by atoms with Gasteiger partial charge in [-0.05, 0) is 37.0 Å². The summed E-state index contributed by atoms with van der Waals surface area (Å²) in [6.45, 7) is 2.67. The molecule has 92 valence electrons. The molecule has 0 atom stereocenters. The van der Waals surface area contributed by atoms with E-state index in [1.54, 1.807) is 6.07 Å². The van der Waals surface area contributed by atoms with Crippen molar-refractivity contribution in [3.63, 3.8) is 0 Å². The Bertz CT molecular complexity index is 413. The van der Waals surface area contributed by atoms with Gasteiger partial charge in [0.2, 0.25) is 0 Å². The lowest BCUT2D eigenvalue weighted by molar-refractivity contribution is 0.314. The first kappa shape index (κ1) is 14.2. The third kappa shape index (κ3) is 4.46. The van der Waals surface area contributed by atoms with Crippen LogP contribution in [0.4, 0.5) is 0 Å². The maximum atomic E-state index is 8.53. The Morgan fingerprint density at radius 1 is 1.35 bits per heavy atom. The normalized spacial score (nSPS) is 10.0. The number of hydrogen-bond acceptors (Lipinski definition) is 2. The third-order valence-electron chi connectivity index (χ3n) is 2.27. The van der Waals surface area contributed by atoms with Crippen LogP contribution in [-0.4, -0.2) is 6.61 Å². The fourth-order valence-electron chi connectivity index (χ4n) is 1.52. The summed E-state index contributed by atoms with van der Waals surface area (Å²) < 4.78 is 5.63. The topological polar surface area (TPSA) is 33.0 Å². The number of unbranched alkanes of at least 4 members (excludes halogenated alkanes) is 1. The molecule has 0 N–H and O–H groups in total. The number of nitrogens with zero attached hydrogens (tertiary/aromatic N) is 1. The van der Waals surface area contributed by atoms with Gasteiger partial charge in [0.1, 0.15) is 5.75 Å². The zero-order chi connectivity index (χ0) is 12.7. The van der Waals surface area contributed by atoms with Crippen molar-refractivity contribution in [3.8, 4) is 11.8 Å². The summed E-state index contributed by atoms with van der Waals surface area (Å²) in [5, 5.41) is 9.67. The molecule has 0 saturated carbocycles. The molecule has 0 heterocycles. The summed E-state index contributed by atoms with van der Waals surface area (Å²) in [5.74, 6) is 0.704. The minimum absolute atomic E-state index is 0.525. The molecule has 4 heteroatoms. The van der Waals surface area contributed by atoms with Gasteiger partial charge in [0.05, 0.1) is 17.7 Å². The van der Waals surface area contributed by atoms with Gasteiger partial charge in [-0.1, -0.05) is 30.1 Å². The first-order valence-electron chi connectivity index (χ1n) is 5.66. The first-order valence-corrected chi connectivity index (χ1v) is 6.42. The lowest BCUT2D eigenvalue weighted by Crippen LogP contribution is -2.00. The summed E-state index contributed by atoms with van der Waals surface area (Å²) in [4.78, 5) is 0. The molecule has 0 amide bonds. The van der Waals surface area contributed by atoms with Crippen molar-refractivity contribution in [1.29, 1.82) is 5.26 Å². The summed E-state index contributed by atoms with van der Waals surface area (Å²) in [6.07, 6.45) is 3.00. The molecule has 0 aliphatic heterocycles. The van der Waals surface area contributed by atoms with Crippen LogP contribution < -0.4 is 4.74 Å². The van der Waals surface area contributed by atoms with E-state index in [0.717, 1.165) is 24.8 Å². The van der Waals surface area contributed by atoms with Crippen LogP contribution in [0.25, 0.3) is 0 Å². The lowest BCUT2D eigenvalue weighted by Gasteiger charge is -2.13. The summed E-state index contributed by atoms with van der Waals surface area (Å²) in [5.41, 5.74) is 0.978. The lowest BCUT2D eigenvalue weighted by atomic mass is 10.1. The van der Waals surface area contributed by atoms with Gasteiger partial charge in [0.25, 0.3) is 0 Å². The Labute approximate surface area is 112 Å². The Balaban J connectivity index is 2.86. The van der Waals surface area contributed by atoms with Crippen LogP contribution in [-0.2, 0) is 6.42 Å². The fraction of sp³-hybridized carbons (Fsp3) is 0.462. The summed E-state index contributed by atoms with van der Waals surface area (Å²) in [7, 11) is 0. The monoisotopic (exact) mass is 271 g/mol. The van der Waals surface area contributed by atoms with Crippen molar-refractivity contribution in [1.82, 2.24) is 0 Å². The summed E-state index contributed by atoms with van der Waals surface area (Å²) in [6, 6.07) is 5.66. The largest absolute Gasteiger partial charge is 0.492 e. The second kappa shape index (κ2) is 7.42. The molecule has 0 unspecified atom stereocenters. The van der Waals surface area contributed by atoms with Crippen LogP contribution >= 0.6 is 23.2 Å². The second-order valence-electron chi connectivity index (χ2n) is 3.74. The Morgan fingerprint density at radius 3 is 2.76 bits per heavy atom. The molecule has 0 aliphatic carbocycles. The van der Waals surface area contributed by atoms with E-state index < -0.39 is 0 Å². The SMILES string of the molecule is CCCOc1c(Cl)cc(Cl)cc1CCCC#N.